The third kappa shape index (κ3) is 3.65. The van der Waals surface area contributed by atoms with E-state index >= 15 is 0 Å². The first-order valence-corrected chi connectivity index (χ1v) is 6.17. The van der Waals surface area contributed by atoms with Gasteiger partial charge in [-0.15, -0.1) is 0 Å². The summed E-state index contributed by atoms with van der Waals surface area (Å²) in [6, 6.07) is 0. The lowest BCUT2D eigenvalue weighted by Crippen LogP contribution is -2.32. The van der Waals surface area contributed by atoms with Gasteiger partial charge in [0.1, 0.15) is 0 Å². The maximum atomic E-state index is 11.5. The Morgan fingerprint density at radius 2 is 1.77 bits per heavy atom. The lowest BCUT2D eigenvalue weighted by atomic mass is 10.1. The van der Waals surface area contributed by atoms with Crippen molar-refractivity contribution in [3.8, 4) is 0 Å². The van der Waals surface area contributed by atoms with Gasteiger partial charge in [0, 0.05) is 0 Å². The van der Waals surface area contributed by atoms with Crippen molar-refractivity contribution in [2.45, 2.75) is 51.7 Å². The van der Waals surface area contributed by atoms with Gasteiger partial charge in [-0.25, -0.2) is 0 Å². The van der Waals surface area contributed by atoms with Crippen LogP contribution < -0.4 is 0 Å². The second-order valence-electron chi connectivity index (χ2n) is 3.74. The summed E-state index contributed by atoms with van der Waals surface area (Å²) in [6.07, 6.45) is 2.31. The molecule has 4 heteroatoms. The SMILES string of the molecule is CCCCOS(=O)(=O)C(C)(C)CC. The fourth-order valence-electron chi connectivity index (χ4n) is 0.649. The van der Waals surface area contributed by atoms with Crippen LogP contribution in [0.25, 0.3) is 0 Å². The molecule has 0 radical (unpaired) electrons. The van der Waals surface area contributed by atoms with Gasteiger partial charge in [-0.05, 0) is 26.7 Å². The summed E-state index contributed by atoms with van der Waals surface area (Å²) in [5.74, 6) is 0. The first-order chi connectivity index (χ1) is 5.87. The van der Waals surface area contributed by atoms with Crippen LogP contribution in [-0.4, -0.2) is 19.8 Å². The lowest BCUT2D eigenvalue weighted by Gasteiger charge is -2.21. The van der Waals surface area contributed by atoms with Crippen LogP contribution in [0.1, 0.15) is 47.0 Å². The van der Waals surface area contributed by atoms with Crippen LogP contribution in [-0.2, 0) is 14.3 Å². The van der Waals surface area contributed by atoms with Gasteiger partial charge in [-0.2, -0.15) is 8.42 Å². The Morgan fingerprint density at radius 3 is 2.15 bits per heavy atom. The normalized spacial score (nSPS) is 13.2. The predicted octanol–water partition coefficient (Wildman–Crippen LogP) is 2.32. The van der Waals surface area contributed by atoms with E-state index in [-0.39, 0.29) is 0 Å². The van der Waals surface area contributed by atoms with Crippen LogP contribution in [0.4, 0.5) is 0 Å². The lowest BCUT2D eigenvalue weighted by molar-refractivity contribution is 0.294. The minimum Gasteiger partial charge on any atom is -0.270 e. The molecule has 0 atom stereocenters. The van der Waals surface area contributed by atoms with Crippen LogP contribution >= 0.6 is 0 Å². The molecule has 0 saturated heterocycles. The van der Waals surface area contributed by atoms with E-state index < -0.39 is 14.9 Å². The van der Waals surface area contributed by atoms with Gasteiger partial charge in [-0.1, -0.05) is 20.3 Å². The zero-order valence-corrected chi connectivity index (χ0v) is 9.78. The average molecular weight is 208 g/mol. The maximum Gasteiger partial charge on any atom is 0.272 e. The summed E-state index contributed by atoms with van der Waals surface area (Å²) in [7, 11) is -3.38. The third-order valence-electron chi connectivity index (χ3n) is 2.26. The molecule has 0 N–H and O–H groups in total. The second kappa shape index (κ2) is 4.96. The molecule has 0 aromatic heterocycles. The molecule has 3 nitrogen and oxygen atoms in total. The van der Waals surface area contributed by atoms with Crippen molar-refractivity contribution in [1.29, 1.82) is 0 Å². The highest BCUT2D eigenvalue weighted by atomic mass is 32.2. The third-order valence-corrected chi connectivity index (χ3v) is 4.38. The molecule has 0 bridgehead atoms. The Bertz CT molecular complexity index is 229. The average Bonchev–Trinajstić information content (AvgIpc) is 2.04. The summed E-state index contributed by atoms with van der Waals surface area (Å²) in [5, 5.41) is 0. The Kier molecular flexibility index (Phi) is 4.92. The van der Waals surface area contributed by atoms with Crippen LogP contribution in [0, 0.1) is 0 Å². The zero-order chi connectivity index (χ0) is 10.5. The first-order valence-electron chi connectivity index (χ1n) is 4.76. The molecule has 0 aliphatic heterocycles. The topological polar surface area (TPSA) is 43.4 Å². The fraction of sp³-hybridized carbons (Fsp3) is 1.00. The number of rotatable bonds is 6. The second-order valence-corrected chi connectivity index (χ2v) is 5.99. The van der Waals surface area contributed by atoms with Crippen LogP contribution in [0.2, 0.25) is 0 Å². The summed E-state index contributed by atoms with van der Waals surface area (Å²) in [5.41, 5.74) is 0. The standard InChI is InChI=1S/C9H20O3S/c1-5-7-8-12-13(10,11)9(3,4)6-2/h5-8H2,1-4H3. The Balaban J connectivity index is 4.24. The highest BCUT2D eigenvalue weighted by Crippen LogP contribution is 2.22. The van der Waals surface area contributed by atoms with E-state index in [0.29, 0.717) is 13.0 Å². The monoisotopic (exact) mass is 208 g/mol. The molecule has 0 aliphatic carbocycles. The number of unbranched alkanes of at least 4 members (excludes halogenated alkanes) is 1. The van der Waals surface area contributed by atoms with Crippen LogP contribution in [0.15, 0.2) is 0 Å². The van der Waals surface area contributed by atoms with E-state index in [9.17, 15) is 8.42 Å². The van der Waals surface area contributed by atoms with Crippen LogP contribution in [0.5, 0.6) is 0 Å². The Morgan fingerprint density at radius 1 is 1.23 bits per heavy atom. The van der Waals surface area contributed by atoms with Crippen molar-refractivity contribution in [1.82, 2.24) is 0 Å². The van der Waals surface area contributed by atoms with E-state index in [1.165, 1.54) is 0 Å². The quantitative estimate of drug-likeness (QED) is 0.497. The summed E-state index contributed by atoms with van der Waals surface area (Å²) >= 11 is 0. The zero-order valence-electron chi connectivity index (χ0n) is 8.96. The van der Waals surface area contributed by atoms with E-state index in [0.717, 1.165) is 12.8 Å². The minimum absolute atomic E-state index is 0.308. The maximum absolute atomic E-state index is 11.5. The van der Waals surface area contributed by atoms with Crippen molar-refractivity contribution in [3.05, 3.63) is 0 Å². The highest BCUT2D eigenvalue weighted by molar-refractivity contribution is 7.88. The largest absolute Gasteiger partial charge is 0.272 e. The molecule has 0 amide bonds. The highest BCUT2D eigenvalue weighted by Gasteiger charge is 2.33. The van der Waals surface area contributed by atoms with Crippen molar-refractivity contribution in [2.24, 2.45) is 0 Å². The van der Waals surface area contributed by atoms with Crippen molar-refractivity contribution in [2.75, 3.05) is 6.61 Å². The number of hydrogen-bond acceptors (Lipinski definition) is 3. The fourth-order valence-corrected chi connectivity index (χ4v) is 1.66. The smallest absolute Gasteiger partial charge is 0.270 e. The molecular weight excluding hydrogens is 188 g/mol. The van der Waals surface area contributed by atoms with E-state index in [1.807, 2.05) is 13.8 Å². The molecule has 0 aliphatic rings. The van der Waals surface area contributed by atoms with E-state index in [1.54, 1.807) is 13.8 Å². The molecule has 0 spiro atoms. The van der Waals surface area contributed by atoms with Gasteiger partial charge >= 0.3 is 0 Å². The number of hydrogen-bond donors (Lipinski definition) is 0. The Hall–Kier alpha value is -0.0900. The summed E-state index contributed by atoms with van der Waals surface area (Å²) in [4.78, 5) is 0. The molecule has 0 fully saturated rings. The molecule has 0 aromatic carbocycles. The van der Waals surface area contributed by atoms with Gasteiger partial charge in [0.2, 0.25) is 0 Å². The van der Waals surface area contributed by atoms with Crippen molar-refractivity contribution >= 4 is 10.1 Å². The Labute approximate surface area is 81.6 Å². The molecular formula is C9H20O3S. The van der Waals surface area contributed by atoms with Gasteiger partial charge in [0.15, 0.2) is 0 Å². The molecule has 0 unspecified atom stereocenters. The molecule has 13 heavy (non-hydrogen) atoms. The van der Waals surface area contributed by atoms with Crippen molar-refractivity contribution in [3.63, 3.8) is 0 Å². The van der Waals surface area contributed by atoms with Gasteiger partial charge in [0.05, 0.1) is 11.4 Å². The molecule has 0 aromatic rings. The molecule has 80 valence electrons. The van der Waals surface area contributed by atoms with Gasteiger partial charge < -0.3 is 0 Å². The molecule has 0 saturated carbocycles. The summed E-state index contributed by atoms with van der Waals surface area (Å²) in [6.45, 7) is 7.53. The summed E-state index contributed by atoms with van der Waals surface area (Å²) < 4.78 is 27.2. The minimum atomic E-state index is -3.38. The van der Waals surface area contributed by atoms with Crippen LogP contribution in [0.3, 0.4) is 0 Å². The van der Waals surface area contributed by atoms with Gasteiger partial charge in [0.25, 0.3) is 10.1 Å². The van der Waals surface area contributed by atoms with Gasteiger partial charge in [-0.3, -0.25) is 4.18 Å². The molecule has 0 heterocycles. The van der Waals surface area contributed by atoms with E-state index in [4.69, 9.17) is 4.18 Å². The first kappa shape index (κ1) is 12.9. The molecule has 0 rings (SSSR count). The van der Waals surface area contributed by atoms with E-state index in [2.05, 4.69) is 0 Å². The van der Waals surface area contributed by atoms with Crippen molar-refractivity contribution < 1.29 is 12.6 Å². The predicted molar refractivity (Wildman–Crippen MR) is 54.1 cm³/mol.